The summed E-state index contributed by atoms with van der Waals surface area (Å²) in [6, 6.07) is 0.0110. The Kier molecular flexibility index (Phi) is 3.45. The van der Waals surface area contributed by atoms with E-state index in [4.69, 9.17) is 5.73 Å². The second kappa shape index (κ2) is 4.85. The van der Waals surface area contributed by atoms with E-state index in [9.17, 15) is 14.4 Å². The summed E-state index contributed by atoms with van der Waals surface area (Å²) in [5, 5.41) is 0. The third-order valence-electron chi connectivity index (χ3n) is 3.79. The zero-order valence-electron chi connectivity index (χ0n) is 9.85. The van der Waals surface area contributed by atoms with Crippen LogP contribution in [0.4, 0.5) is 0 Å². The van der Waals surface area contributed by atoms with E-state index in [1.165, 1.54) is 0 Å². The molecule has 1 saturated heterocycles. The first-order chi connectivity index (χ1) is 8.09. The van der Waals surface area contributed by atoms with Crippen molar-refractivity contribution >= 4 is 17.6 Å². The summed E-state index contributed by atoms with van der Waals surface area (Å²) in [7, 11) is 0. The quantitative estimate of drug-likeness (QED) is 0.699. The van der Waals surface area contributed by atoms with Crippen molar-refractivity contribution in [2.75, 3.05) is 6.54 Å². The van der Waals surface area contributed by atoms with Crippen LogP contribution in [0.5, 0.6) is 0 Å². The van der Waals surface area contributed by atoms with Crippen LogP contribution in [-0.2, 0) is 14.4 Å². The van der Waals surface area contributed by atoms with E-state index in [1.54, 1.807) is 4.90 Å². The Bertz CT molecular complexity index is 354. The van der Waals surface area contributed by atoms with Gasteiger partial charge in [-0.2, -0.15) is 0 Å². The van der Waals surface area contributed by atoms with Gasteiger partial charge in [-0.25, -0.2) is 0 Å². The molecule has 0 aromatic rings. The SMILES string of the molecule is NC(=O)CC(=O)N1CCC(=O)C2CCCCC21. The maximum atomic E-state index is 11.9. The van der Waals surface area contributed by atoms with Crippen molar-refractivity contribution in [2.24, 2.45) is 11.7 Å². The summed E-state index contributed by atoms with van der Waals surface area (Å²) in [5.41, 5.74) is 5.04. The number of amides is 2. The first kappa shape index (κ1) is 12.1. The van der Waals surface area contributed by atoms with Crippen molar-refractivity contribution in [2.45, 2.75) is 44.6 Å². The molecule has 1 aliphatic heterocycles. The van der Waals surface area contributed by atoms with E-state index < -0.39 is 5.91 Å². The van der Waals surface area contributed by atoms with Crippen molar-refractivity contribution in [1.82, 2.24) is 4.90 Å². The molecule has 94 valence electrons. The number of likely N-dealkylation sites (tertiary alicyclic amines) is 1. The van der Waals surface area contributed by atoms with Crippen LogP contribution in [0, 0.1) is 5.92 Å². The Morgan fingerprint density at radius 2 is 2.00 bits per heavy atom. The highest BCUT2D eigenvalue weighted by Gasteiger charge is 2.40. The molecule has 0 aromatic carbocycles. The van der Waals surface area contributed by atoms with Crippen LogP contribution < -0.4 is 5.73 Å². The molecule has 5 heteroatoms. The molecule has 0 spiro atoms. The predicted octanol–water partition coefficient (Wildman–Crippen LogP) is 0.222. The van der Waals surface area contributed by atoms with Gasteiger partial charge in [0.15, 0.2) is 0 Å². The zero-order chi connectivity index (χ0) is 12.4. The number of primary amides is 1. The number of Topliss-reactive ketones (excluding diaryl/α,β-unsaturated/α-hetero) is 1. The number of hydrogen-bond donors (Lipinski definition) is 1. The summed E-state index contributed by atoms with van der Waals surface area (Å²) in [5.74, 6) is -0.548. The number of carbonyl (C=O) groups is 3. The normalized spacial score (nSPS) is 28.7. The summed E-state index contributed by atoms with van der Waals surface area (Å²) in [6.07, 6.45) is 4.05. The van der Waals surface area contributed by atoms with E-state index >= 15 is 0 Å². The van der Waals surface area contributed by atoms with Crippen LogP contribution in [0.15, 0.2) is 0 Å². The Balaban J connectivity index is 2.09. The first-order valence-corrected chi connectivity index (χ1v) is 6.20. The lowest BCUT2D eigenvalue weighted by Crippen LogP contribution is -2.53. The molecule has 1 heterocycles. The van der Waals surface area contributed by atoms with Crippen LogP contribution in [0.25, 0.3) is 0 Å². The van der Waals surface area contributed by atoms with Crippen molar-refractivity contribution in [1.29, 1.82) is 0 Å². The van der Waals surface area contributed by atoms with Crippen LogP contribution in [0.2, 0.25) is 0 Å². The Labute approximate surface area is 100 Å². The summed E-state index contributed by atoms with van der Waals surface area (Å²) in [4.78, 5) is 36.2. The largest absolute Gasteiger partial charge is 0.369 e. The highest BCUT2D eigenvalue weighted by Crippen LogP contribution is 2.33. The fourth-order valence-electron chi connectivity index (χ4n) is 3.00. The summed E-state index contributed by atoms with van der Waals surface area (Å²) in [6.45, 7) is 0.451. The van der Waals surface area contributed by atoms with Gasteiger partial charge in [0.2, 0.25) is 11.8 Å². The van der Waals surface area contributed by atoms with Gasteiger partial charge in [0.25, 0.3) is 0 Å². The van der Waals surface area contributed by atoms with Gasteiger partial charge >= 0.3 is 0 Å². The van der Waals surface area contributed by atoms with Gasteiger partial charge in [0.1, 0.15) is 12.2 Å². The molecule has 17 heavy (non-hydrogen) atoms. The summed E-state index contributed by atoms with van der Waals surface area (Å²) < 4.78 is 0. The molecule has 1 aliphatic carbocycles. The highest BCUT2D eigenvalue weighted by molar-refractivity contribution is 5.97. The van der Waals surface area contributed by atoms with E-state index in [1.807, 2.05) is 0 Å². The third kappa shape index (κ3) is 2.48. The molecule has 2 N–H and O–H groups in total. The Morgan fingerprint density at radius 1 is 1.29 bits per heavy atom. The molecule has 2 atom stereocenters. The molecule has 5 nitrogen and oxygen atoms in total. The fourth-order valence-corrected chi connectivity index (χ4v) is 3.00. The van der Waals surface area contributed by atoms with Gasteiger partial charge in [0, 0.05) is 24.9 Å². The average Bonchev–Trinajstić information content (AvgIpc) is 2.29. The minimum Gasteiger partial charge on any atom is -0.369 e. The monoisotopic (exact) mass is 238 g/mol. The first-order valence-electron chi connectivity index (χ1n) is 6.20. The Morgan fingerprint density at radius 3 is 2.71 bits per heavy atom. The zero-order valence-corrected chi connectivity index (χ0v) is 9.85. The summed E-state index contributed by atoms with van der Waals surface area (Å²) >= 11 is 0. The number of piperidine rings is 1. The van der Waals surface area contributed by atoms with Crippen LogP contribution in [-0.4, -0.2) is 35.1 Å². The topological polar surface area (TPSA) is 80.5 Å². The Hall–Kier alpha value is -1.39. The average molecular weight is 238 g/mol. The number of nitrogens with two attached hydrogens (primary N) is 1. The third-order valence-corrected chi connectivity index (χ3v) is 3.79. The van der Waals surface area contributed by atoms with E-state index in [0.717, 1.165) is 25.7 Å². The fraction of sp³-hybridized carbons (Fsp3) is 0.750. The molecular weight excluding hydrogens is 220 g/mol. The van der Waals surface area contributed by atoms with Crippen molar-refractivity contribution < 1.29 is 14.4 Å². The molecule has 2 amide bonds. The second-order valence-corrected chi connectivity index (χ2v) is 4.90. The van der Waals surface area contributed by atoms with Crippen molar-refractivity contribution in [3.05, 3.63) is 0 Å². The number of fused-ring (bicyclic) bond motifs is 1. The van der Waals surface area contributed by atoms with E-state index in [2.05, 4.69) is 0 Å². The van der Waals surface area contributed by atoms with Crippen molar-refractivity contribution in [3.63, 3.8) is 0 Å². The maximum Gasteiger partial charge on any atom is 0.232 e. The van der Waals surface area contributed by atoms with Gasteiger partial charge in [-0.3, -0.25) is 14.4 Å². The standard InChI is InChI=1S/C12H18N2O3/c13-11(16)7-12(17)14-6-5-10(15)8-3-1-2-4-9(8)14/h8-9H,1-7H2,(H2,13,16). The van der Waals surface area contributed by atoms with Crippen LogP contribution in [0.1, 0.15) is 38.5 Å². The smallest absolute Gasteiger partial charge is 0.232 e. The lowest BCUT2D eigenvalue weighted by molar-refractivity contribution is -0.144. The minimum absolute atomic E-state index is 0.00525. The molecule has 2 rings (SSSR count). The number of ketones is 1. The molecule has 1 saturated carbocycles. The lowest BCUT2D eigenvalue weighted by Gasteiger charge is -2.43. The molecule has 0 radical (unpaired) electrons. The molecule has 0 bridgehead atoms. The molecule has 0 aromatic heterocycles. The van der Waals surface area contributed by atoms with Crippen LogP contribution >= 0.6 is 0 Å². The maximum absolute atomic E-state index is 11.9. The molecule has 2 unspecified atom stereocenters. The number of hydrogen-bond acceptors (Lipinski definition) is 3. The number of rotatable bonds is 2. The molecular formula is C12H18N2O3. The molecule has 2 fully saturated rings. The van der Waals surface area contributed by atoms with Gasteiger partial charge < -0.3 is 10.6 Å². The van der Waals surface area contributed by atoms with Gasteiger partial charge in [-0.05, 0) is 12.8 Å². The molecule has 2 aliphatic rings. The highest BCUT2D eigenvalue weighted by atomic mass is 16.2. The van der Waals surface area contributed by atoms with Gasteiger partial charge in [0.05, 0.1) is 0 Å². The van der Waals surface area contributed by atoms with E-state index in [0.29, 0.717) is 13.0 Å². The minimum atomic E-state index is -0.598. The number of nitrogens with zero attached hydrogens (tertiary/aromatic N) is 1. The second-order valence-electron chi connectivity index (χ2n) is 4.90. The van der Waals surface area contributed by atoms with Crippen molar-refractivity contribution in [3.8, 4) is 0 Å². The van der Waals surface area contributed by atoms with Gasteiger partial charge in [-0.15, -0.1) is 0 Å². The van der Waals surface area contributed by atoms with Crippen LogP contribution in [0.3, 0.4) is 0 Å². The lowest BCUT2D eigenvalue weighted by atomic mass is 9.77. The van der Waals surface area contributed by atoms with Gasteiger partial charge in [-0.1, -0.05) is 12.8 Å². The van der Waals surface area contributed by atoms with E-state index in [-0.39, 0.29) is 30.1 Å². The predicted molar refractivity (Wildman–Crippen MR) is 60.9 cm³/mol. The number of carbonyl (C=O) groups excluding carboxylic acids is 3.